The molecule has 15 rings (SSSR count). The van der Waals surface area contributed by atoms with Gasteiger partial charge in [0, 0.05) is 71.5 Å². The SMILES string of the molecule is [Pt].[c-]1c(N2[CH-]N(c3ccccc3)c3ccccc32)cc2c(sc3ccccc32)c1Oc1[c-]c2c(cc1)c1ccccc1n2-c1cc(C2(c3ccccc3)C3CC4CC(C3)CC2C4)ccn1. The van der Waals surface area contributed by atoms with Crippen LogP contribution in [0.25, 0.3) is 47.8 Å². The van der Waals surface area contributed by atoms with Gasteiger partial charge in [-0.1, -0.05) is 103 Å². The number of pyridine rings is 1. The molecular weight excluding hydrogens is 996 g/mol. The second-order valence-corrected chi connectivity index (χ2v) is 19.5. The molecule has 4 aliphatic carbocycles. The van der Waals surface area contributed by atoms with Crippen molar-refractivity contribution >= 4 is 76.1 Å². The van der Waals surface area contributed by atoms with E-state index in [4.69, 9.17) is 9.72 Å². The Morgan fingerprint density at radius 1 is 0.600 bits per heavy atom. The van der Waals surface area contributed by atoms with Crippen LogP contribution >= 0.6 is 11.3 Å². The number of ether oxygens (including phenoxy) is 1. The Kier molecular flexibility index (Phi) is 9.16. The first-order valence-corrected chi connectivity index (χ1v) is 23.6. The Labute approximate surface area is 397 Å². The van der Waals surface area contributed by atoms with Crippen molar-refractivity contribution in [1.82, 2.24) is 9.55 Å². The van der Waals surface area contributed by atoms with E-state index in [1.165, 1.54) is 58.7 Å². The molecule has 7 aromatic carbocycles. The molecular formula is C58H43N4OPtS-3. The molecule has 0 saturated heterocycles. The summed E-state index contributed by atoms with van der Waals surface area (Å²) in [6, 6.07) is 66.7. The molecule has 0 amide bonds. The topological polar surface area (TPSA) is 33.5 Å². The summed E-state index contributed by atoms with van der Waals surface area (Å²) in [5.41, 5.74) is 9.12. The summed E-state index contributed by atoms with van der Waals surface area (Å²) in [5.74, 6) is 5.25. The fourth-order valence-corrected chi connectivity index (χ4v) is 14.0. The van der Waals surface area contributed by atoms with Crippen LogP contribution in [0.15, 0.2) is 170 Å². The minimum absolute atomic E-state index is 0. The monoisotopic (exact) mass is 1040 g/mol. The quantitative estimate of drug-likeness (QED) is 0.149. The van der Waals surface area contributed by atoms with Gasteiger partial charge < -0.3 is 19.1 Å². The van der Waals surface area contributed by atoms with Gasteiger partial charge in [-0.2, -0.15) is 6.07 Å². The van der Waals surface area contributed by atoms with E-state index < -0.39 is 0 Å². The van der Waals surface area contributed by atoms with Crippen molar-refractivity contribution in [2.24, 2.45) is 23.7 Å². The van der Waals surface area contributed by atoms with Crippen molar-refractivity contribution in [2.75, 3.05) is 9.80 Å². The Morgan fingerprint density at radius 3 is 2.06 bits per heavy atom. The van der Waals surface area contributed by atoms with Gasteiger partial charge in [-0.3, -0.25) is 0 Å². The number of rotatable bonds is 7. The largest absolute Gasteiger partial charge is 0.508 e. The molecule has 0 N–H and O–H groups in total. The van der Waals surface area contributed by atoms with Gasteiger partial charge in [0.15, 0.2) is 0 Å². The predicted molar refractivity (Wildman–Crippen MR) is 261 cm³/mol. The Balaban J connectivity index is 0.00000423. The Bertz CT molecular complexity index is 3420. The molecule has 0 atom stereocenters. The summed E-state index contributed by atoms with van der Waals surface area (Å²) < 4.78 is 11.7. The smallest absolute Gasteiger partial charge is 0.135 e. The second kappa shape index (κ2) is 15.2. The van der Waals surface area contributed by atoms with Crippen LogP contribution in [0.1, 0.15) is 43.2 Å². The van der Waals surface area contributed by atoms with E-state index in [1.54, 1.807) is 11.3 Å². The minimum atomic E-state index is -0.0228. The van der Waals surface area contributed by atoms with Crippen LogP contribution in [0.3, 0.4) is 0 Å². The molecule has 1 aliphatic heterocycles. The van der Waals surface area contributed by atoms with Gasteiger partial charge in [-0.25, -0.2) is 16.3 Å². The van der Waals surface area contributed by atoms with Gasteiger partial charge in [-0.15, -0.1) is 47.4 Å². The van der Waals surface area contributed by atoms with Crippen molar-refractivity contribution < 1.29 is 25.8 Å². The molecule has 65 heavy (non-hydrogen) atoms. The molecule has 4 fully saturated rings. The molecule has 3 aromatic heterocycles. The summed E-state index contributed by atoms with van der Waals surface area (Å²) >= 11 is 1.75. The van der Waals surface area contributed by atoms with Crippen LogP contribution in [-0.2, 0) is 26.5 Å². The average Bonchev–Trinajstić information content (AvgIpc) is 4.02. The summed E-state index contributed by atoms with van der Waals surface area (Å²) in [7, 11) is 0. The summed E-state index contributed by atoms with van der Waals surface area (Å²) in [5, 5.41) is 4.64. The maximum atomic E-state index is 7.08. The van der Waals surface area contributed by atoms with E-state index >= 15 is 0 Å². The molecule has 0 unspecified atom stereocenters. The van der Waals surface area contributed by atoms with Crippen LogP contribution in [0, 0.1) is 42.5 Å². The number of thiophene rings is 1. The van der Waals surface area contributed by atoms with Crippen LogP contribution in [0.4, 0.5) is 22.7 Å². The zero-order valence-corrected chi connectivity index (χ0v) is 38.6. The molecule has 5 aliphatic rings. The summed E-state index contributed by atoms with van der Waals surface area (Å²) in [6.45, 7) is 2.17. The van der Waals surface area contributed by atoms with E-state index in [-0.39, 0.29) is 26.5 Å². The second-order valence-electron chi connectivity index (χ2n) is 18.5. The molecule has 5 nitrogen and oxygen atoms in total. The Morgan fingerprint density at radius 2 is 1.28 bits per heavy atom. The predicted octanol–water partition coefficient (Wildman–Crippen LogP) is 15.1. The summed E-state index contributed by atoms with van der Waals surface area (Å²) in [4.78, 5) is 9.66. The number of nitrogens with zero attached hydrogens (tertiary/aromatic N) is 4. The van der Waals surface area contributed by atoms with Gasteiger partial charge in [0.2, 0.25) is 0 Å². The fourth-order valence-electron chi connectivity index (χ4n) is 12.9. The van der Waals surface area contributed by atoms with Crippen LogP contribution in [0.5, 0.6) is 11.5 Å². The van der Waals surface area contributed by atoms with Gasteiger partial charge in [0.1, 0.15) is 5.82 Å². The minimum Gasteiger partial charge on any atom is -0.508 e. The number of hydrogen-bond donors (Lipinski definition) is 0. The van der Waals surface area contributed by atoms with Crippen LogP contribution in [-0.4, -0.2) is 9.55 Å². The first kappa shape index (κ1) is 39.2. The van der Waals surface area contributed by atoms with E-state index in [2.05, 4.69) is 203 Å². The molecule has 0 radical (unpaired) electrons. The zero-order chi connectivity index (χ0) is 41.9. The van der Waals surface area contributed by atoms with Gasteiger partial charge in [0.25, 0.3) is 0 Å². The number of benzene rings is 7. The van der Waals surface area contributed by atoms with Crippen molar-refractivity contribution in [3.8, 4) is 17.3 Å². The normalized spacial score (nSPS) is 22.0. The van der Waals surface area contributed by atoms with Crippen molar-refractivity contribution in [2.45, 2.75) is 37.5 Å². The maximum absolute atomic E-state index is 7.08. The number of fused-ring (bicyclic) bond motifs is 7. The molecule has 4 saturated carbocycles. The van der Waals surface area contributed by atoms with Crippen molar-refractivity contribution in [3.05, 3.63) is 200 Å². The van der Waals surface area contributed by atoms with Crippen LogP contribution in [0.2, 0.25) is 0 Å². The number of para-hydroxylation sites is 4. The van der Waals surface area contributed by atoms with E-state index in [0.717, 1.165) is 66.9 Å². The van der Waals surface area contributed by atoms with E-state index in [0.29, 0.717) is 23.3 Å². The van der Waals surface area contributed by atoms with E-state index in [1.807, 2.05) is 0 Å². The van der Waals surface area contributed by atoms with E-state index in [9.17, 15) is 0 Å². The number of hydrogen-bond acceptors (Lipinski definition) is 5. The average molecular weight is 1040 g/mol. The third-order valence-corrected chi connectivity index (χ3v) is 16.4. The fraction of sp³-hybridized carbons (Fsp3) is 0.172. The molecule has 320 valence electrons. The third kappa shape index (κ3) is 5.96. The number of aromatic nitrogens is 2. The summed E-state index contributed by atoms with van der Waals surface area (Å²) in [6.07, 6.45) is 8.77. The molecule has 4 heterocycles. The Hall–Kier alpha value is -6.20. The van der Waals surface area contributed by atoms with Crippen molar-refractivity contribution in [1.29, 1.82) is 0 Å². The standard InChI is InChI=1S/C58H43N4OS.Pt/c1-3-13-39(14-4-1)58(41-28-37-27-38(30-41)31-42(58)29-37)40-25-26-59-56(32-40)62-50-19-9-7-17-46(50)47-24-23-45(35-53(47)62)63-54-34-44(33-49-48-18-8-12-22-55(48)64-57(49)54)61-36-60(43-15-5-2-6-16-43)51-20-10-11-21-52(51)61;/h1-26,32-33,36-38,41-42H,27-31H2;/q-3;. The molecule has 7 heteroatoms. The molecule has 10 aromatic rings. The molecule has 4 bridgehead atoms. The van der Waals surface area contributed by atoms with Crippen LogP contribution < -0.4 is 14.5 Å². The number of anilines is 4. The van der Waals surface area contributed by atoms with Crippen molar-refractivity contribution in [3.63, 3.8) is 0 Å². The van der Waals surface area contributed by atoms with Gasteiger partial charge >= 0.3 is 0 Å². The first-order valence-electron chi connectivity index (χ1n) is 22.8. The first-order chi connectivity index (χ1) is 31.7. The molecule has 0 spiro atoms. The van der Waals surface area contributed by atoms with Gasteiger partial charge in [-0.05, 0) is 131 Å². The van der Waals surface area contributed by atoms with Gasteiger partial charge in [0.05, 0.1) is 0 Å². The zero-order valence-electron chi connectivity index (χ0n) is 35.5. The maximum Gasteiger partial charge on any atom is 0.135 e. The third-order valence-electron chi connectivity index (χ3n) is 15.2.